The van der Waals surface area contributed by atoms with Gasteiger partial charge in [-0.1, -0.05) is 30.3 Å². The van der Waals surface area contributed by atoms with Crippen LogP contribution in [0.15, 0.2) is 30.3 Å². The minimum Gasteiger partial charge on any atom is -0.348 e. The van der Waals surface area contributed by atoms with E-state index in [-0.39, 0.29) is 29.5 Å². The number of aryl methyl sites for hydroxylation is 1. The summed E-state index contributed by atoms with van der Waals surface area (Å²) in [7, 11) is 0.446. The third-order valence-corrected chi connectivity index (χ3v) is 7.20. The van der Waals surface area contributed by atoms with Crippen LogP contribution in [0.25, 0.3) is 0 Å². The van der Waals surface area contributed by atoms with E-state index in [9.17, 15) is 13.2 Å². The molecule has 0 N–H and O–H groups in total. The average Bonchev–Trinajstić information content (AvgIpc) is 2.93. The topological polar surface area (TPSA) is 60.9 Å². The molecule has 0 spiro atoms. The number of carbonyl (C=O) groups excluding carboxylic acids is 1. The third kappa shape index (κ3) is 4.64. The van der Waals surface area contributed by atoms with Gasteiger partial charge < -0.3 is 4.90 Å². The number of nitrogens with zero attached hydrogens (tertiary/aromatic N) is 3. The van der Waals surface area contributed by atoms with E-state index in [0.717, 1.165) is 32.5 Å². The number of amides is 1. The maximum Gasteiger partial charge on any atom is 0.236 e. The highest BCUT2D eigenvalue weighted by atomic mass is 32.2. The summed E-state index contributed by atoms with van der Waals surface area (Å²) in [5, 5.41) is 0. The highest BCUT2D eigenvalue weighted by Crippen LogP contribution is 2.27. The Morgan fingerprint density at radius 3 is 2.35 bits per heavy atom. The van der Waals surface area contributed by atoms with Crippen molar-refractivity contribution < 1.29 is 13.2 Å². The zero-order valence-corrected chi connectivity index (χ0v) is 16.5. The van der Waals surface area contributed by atoms with E-state index in [4.69, 9.17) is 0 Å². The van der Waals surface area contributed by atoms with Gasteiger partial charge >= 0.3 is 0 Å². The van der Waals surface area contributed by atoms with Crippen molar-refractivity contribution in [1.29, 1.82) is 0 Å². The molecule has 0 aliphatic carbocycles. The Morgan fingerprint density at radius 1 is 1.08 bits per heavy atom. The fourth-order valence-electron chi connectivity index (χ4n) is 4.02. The van der Waals surface area contributed by atoms with E-state index in [1.54, 1.807) is 19.0 Å². The van der Waals surface area contributed by atoms with Crippen molar-refractivity contribution in [2.75, 3.05) is 51.8 Å². The quantitative estimate of drug-likeness (QED) is 0.720. The Balaban J connectivity index is 1.62. The molecule has 0 bridgehead atoms. The molecule has 2 heterocycles. The lowest BCUT2D eigenvalue weighted by Gasteiger charge is -2.44. The average molecular weight is 380 g/mol. The number of hydrogen-bond acceptors (Lipinski definition) is 5. The lowest BCUT2D eigenvalue weighted by molar-refractivity contribution is -0.131. The Labute approximate surface area is 156 Å². The number of piperazine rings is 1. The fraction of sp³-hybridized carbons (Fsp3) is 0.632. The molecule has 2 saturated heterocycles. The molecule has 144 valence electrons. The van der Waals surface area contributed by atoms with Gasteiger partial charge in [0.05, 0.1) is 18.1 Å². The van der Waals surface area contributed by atoms with Gasteiger partial charge in [0.1, 0.15) is 0 Å². The molecule has 0 aromatic heterocycles. The number of benzene rings is 1. The minimum absolute atomic E-state index is 0.0134. The van der Waals surface area contributed by atoms with Crippen molar-refractivity contribution in [3.8, 4) is 0 Å². The molecule has 1 aromatic carbocycles. The Hall–Kier alpha value is -1.44. The van der Waals surface area contributed by atoms with Gasteiger partial charge in [-0.05, 0) is 24.9 Å². The Kier molecular flexibility index (Phi) is 5.99. The fourth-order valence-corrected chi connectivity index (χ4v) is 6.06. The van der Waals surface area contributed by atoms with Gasteiger partial charge in [-0.15, -0.1) is 0 Å². The van der Waals surface area contributed by atoms with Gasteiger partial charge in [-0.2, -0.15) is 0 Å². The van der Waals surface area contributed by atoms with Gasteiger partial charge in [0.15, 0.2) is 9.84 Å². The molecule has 2 atom stereocenters. The molecule has 2 aliphatic heterocycles. The molecule has 7 heteroatoms. The Bertz CT molecular complexity index is 721. The largest absolute Gasteiger partial charge is 0.348 e. The van der Waals surface area contributed by atoms with Crippen LogP contribution in [0.3, 0.4) is 0 Å². The molecule has 2 fully saturated rings. The van der Waals surface area contributed by atoms with Crippen molar-refractivity contribution in [2.24, 2.45) is 0 Å². The molecule has 6 nitrogen and oxygen atoms in total. The van der Waals surface area contributed by atoms with E-state index in [1.807, 2.05) is 6.07 Å². The maximum absolute atomic E-state index is 12.3. The molecular formula is C19H29N3O3S. The maximum atomic E-state index is 12.3. The van der Waals surface area contributed by atoms with Gasteiger partial charge in [-0.25, -0.2) is 8.42 Å². The number of rotatable bonds is 6. The monoisotopic (exact) mass is 379 g/mol. The summed E-state index contributed by atoms with van der Waals surface area (Å²) in [6.07, 6.45) is 2.02. The van der Waals surface area contributed by atoms with Crippen LogP contribution in [0.2, 0.25) is 0 Å². The van der Waals surface area contributed by atoms with Crippen LogP contribution in [0, 0.1) is 0 Å². The predicted octanol–water partition coefficient (Wildman–Crippen LogP) is 0.491. The van der Waals surface area contributed by atoms with Crippen molar-refractivity contribution >= 4 is 15.7 Å². The summed E-state index contributed by atoms with van der Waals surface area (Å²) in [5.74, 6) is 0.425. The molecule has 1 aromatic rings. The Morgan fingerprint density at radius 2 is 1.69 bits per heavy atom. The van der Waals surface area contributed by atoms with Gasteiger partial charge in [0, 0.05) is 39.3 Å². The van der Waals surface area contributed by atoms with Gasteiger partial charge in [0.25, 0.3) is 0 Å². The van der Waals surface area contributed by atoms with Crippen molar-refractivity contribution in [1.82, 2.24) is 14.7 Å². The molecule has 0 radical (unpaired) electrons. The first-order chi connectivity index (χ1) is 12.4. The van der Waals surface area contributed by atoms with Crippen LogP contribution in [0.4, 0.5) is 0 Å². The number of sulfone groups is 1. The number of likely N-dealkylation sites (N-methyl/N-ethyl adjacent to an activating group) is 1. The normalized spacial score (nSPS) is 25.8. The standard InChI is InChI=1S/C19H29N3O3S/c1-20(2)19(23)13-22-12-11-21(17-14-26(24,25)15-18(17)22)10-6-9-16-7-4-3-5-8-16/h3-5,7-8,17-18H,6,9-15H2,1-2H3/t17-,18+/m0/s1. The second-order valence-electron chi connectivity index (χ2n) is 7.60. The molecule has 3 rings (SSSR count). The van der Waals surface area contributed by atoms with Crippen LogP contribution in [0.5, 0.6) is 0 Å². The molecular weight excluding hydrogens is 350 g/mol. The van der Waals surface area contributed by atoms with Gasteiger partial charge in [-0.3, -0.25) is 14.6 Å². The summed E-state index contributed by atoms with van der Waals surface area (Å²) in [5.41, 5.74) is 1.32. The van der Waals surface area contributed by atoms with Crippen LogP contribution in [-0.4, -0.2) is 92.9 Å². The van der Waals surface area contributed by atoms with E-state index in [2.05, 4.69) is 34.1 Å². The SMILES string of the molecule is CN(C)C(=O)CN1CCN(CCCc2ccccc2)[C@H]2CS(=O)(=O)C[C@H]21. The lowest BCUT2D eigenvalue weighted by atomic mass is 10.0. The summed E-state index contributed by atoms with van der Waals surface area (Å²) in [6, 6.07) is 10.3. The van der Waals surface area contributed by atoms with E-state index >= 15 is 0 Å². The minimum atomic E-state index is -3.04. The number of carbonyl (C=O) groups is 1. The highest BCUT2D eigenvalue weighted by Gasteiger charge is 2.46. The number of hydrogen-bond donors (Lipinski definition) is 0. The van der Waals surface area contributed by atoms with Crippen LogP contribution >= 0.6 is 0 Å². The molecule has 0 saturated carbocycles. The van der Waals surface area contributed by atoms with E-state index in [0.29, 0.717) is 6.54 Å². The first kappa shape index (κ1) is 19.3. The molecule has 0 unspecified atom stereocenters. The summed E-state index contributed by atoms with van der Waals surface area (Å²) in [6.45, 7) is 2.79. The summed E-state index contributed by atoms with van der Waals surface area (Å²) >= 11 is 0. The summed E-state index contributed by atoms with van der Waals surface area (Å²) in [4.78, 5) is 18.1. The third-order valence-electron chi connectivity index (χ3n) is 5.50. The van der Waals surface area contributed by atoms with Crippen LogP contribution < -0.4 is 0 Å². The second-order valence-corrected chi connectivity index (χ2v) is 9.75. The van der Waals surface area contributed by atoms with Crippen LogP contribution in [-0.2, 0) is 21.1 Å². The van der Waals surface area contributed by atoms with Crippen molar-refractivity contribution in [2.45, 2.75) is 24.9 Å². The summed E-state index contributed by atoms with van der Waals surface area (Å²) < 4.78 is 24.5. The molecule has 2 aliphatic rings. The van der Waals surface area contributed by atoms with Gasteiger partial charge in [0.2, 0.25) is 5.91 Å². The zero-order valence-electron chi connectivity index (χ0n) is 15.7. The zero-order chi connectivity index (χ0) is 18.7. The molecule has 1 amide bonds. The van der Waals surface area contributed by atoms with Crippen LogP contribution in [0.1, 0.15) is 12.0 Å². The van der Waals surface area contributed by atoms with E-state index in [1.165, 1.54) is 5.56 Å². The molecule has 26 heavy (non-hydrogen) atoms. The first-order valence-electron chi connectivity index (χ1n) is 9.28. The smallest absolute Gasteiger partial charge is 0.236 e. The lowest BCUT2D eigenvalue weighted by Crippen LogP contribution is -2.60. The highest BCUT2D eigenvalue weighted by molar-refractivity contribution is 7.91. The first-order valence-corrected chi connectivity index (χ1v) is 11.1. The van der Waals surface area contributed by atoms with Crippen molar-refractivity contribution in [3.05, 3.63) is 35.9 Å². The number of fused-ring (bicyclic) bond motifs is 1. The predicted molar refractivity (Wildman–Crippen MR) is 103 cm³/mol. The van der Waals surface area contributed by atoms with Crippen molar-refractivity contribution in [3.63, 3.8) is 0 Å². The second kappa shape index (κ2) is 8.06. The van der Waals surface area contributed by atoms with E-state index < -0.39 is 9.84 Å².